The van der Waals surface area contributed by atoms with Crippen molar-refractivity contribution < 1.29 is 9.47 Å². The largest absolute Gasteiger partial charge is 0.354 e. The zero-order chi connectivity index (χ0) is 10.6. The molecule has 0 aliphatic carbocycles. The number of methoxy groups -OCH3 is 1. The molecule has 78 valence electrons. The molecule has 1 aromatic rings. The van der Waals surface area contributed by atoms with Gasteiger partial charge in [-0.3, -0.25) is 0 Å². The van der Waals surface area contributed by atoms with Crippen molar-refractivity contribution in [1.29, 1.82) is 0 Å². The van der Waals surface area contributed by atoms with Crippen LogP contribution in [0.3, 0.4) is 0 Å². The zero-order valence-electron chi connectivity index (χ0n) is 9.28. The van der Waals surface area contributed by atoms with Gasteiger partial charge in [0.15, 0.2) is 5.79 Å². The summed E-state index contributed by atoms with van der Waals surface area (Å²) in [5.41, 5.74) is 1.16. The Morgan fingerprint density at radius 1 is 1.14 bits per heavy atom. The number of benzene rings is 1. The monoisotopic (exact) mass is 194 g/mol. The summed E-state index contributed by atoms with van der Waals surface area (Å²) in [5, 5.41) is 0. The van der Waals surface area contributed by atoms with Crippen LogP contribution < -0.4 is 0 Å². The third-order valence-electron chi connectivity index (χ3n) is 2.22. The van der Waals surface area contributed by atoms with Gasteiger partial charge in [0.05, 0.1) is 6.10 Å². The molecule has 0 radical (unpaired) electrons. The Kier molecular flexibility index (Phi) is 3.67. The average molecular weight is 194 g/mol. The predicted octanol–water partition coefficient (Wildman–Crippen LogP) is 3.15. The van der Waals surface area contributed by atoms with Crippen molar-refractivity contribution in [3.8, 4) is 0 Å². The van der Waals surface area contributed by atoms with Crippen molar-refractivity contribution in [3.63, 3.8) is 0 Å². The van der Waals surface area contributed by atoms with Crippen LogP contribution in [0.4, 0.5) is 0 Å². The smallest absolute Gasteiger partial charge is 0.163 e. The van der Waals surface area contributed by atoms with E-state index in [9.17, 15) is 0 Å². The number of hydrogen-bond donors (Lipinski definition) is 0. The second kappa shape index (κ2) is 4.58. The van der Waals surface area contributed by atoms with Crippen LogP contribution in [0.25, 0.3) is 0 Å². The maximum Gasteiger partial charge on any atom is 0.163 e. The van der Waals surface area contributed by atoms with E-state index < -0.39 is 5.79 Å². The summed E-state index contributed by atoms with van der Waals surface area (Å²) in [6, 6.07) is 10.1. The van der Waals surface area contributed by atoms with Crippen LogP contribution in [-0.2, 0) is 9.47 Å². The molecular weight excluding hydrogens is 176 g/mol. The maximum atomic E-state index is 5.75. The molecule has 0 aromatic heterocycles. The molecule has 0 amide bonds. The van der Waals surface area contributed by atoms with Crippen LogP contribution >= 0.6 is 0 Å². The molecule has 0 bridgehead atoms. The van der Waals surface area contributed by atoms with Gasteiger partial charge in [-0.1, -0.05) is 30.3 Å². The molecule has 0 spiro atoms. The second-order valence-corrected chi connectivity index (χ2v) is 3.77. The van der Waals surface area contributed by atoms with E-state index >= 15 is 0 Å². The van der Waals surface area contributed by atoms with Crippen molar-refractivity contribution >= 4 is 0 Å². The van der Waals surface area contributed by atoms with Crippen LogP contribution in [0.15, 0.2) is 30.3 Å². The Hall–Kier alpha value is -0.860. The van der Waals surface area contributed by atoms with Gasteiger partial charge in [-0.15, -0.1) is 0 Å². The molecule has 0 aliphatic rings. The van der Waals surface area contributed by atoms with Gasteiger partial charge in [-0.25, -0.2) is 0 Å². The van der Waals surface area contributed by atoms with E-state index in [0.29, 0.717) is 0 Å². The van der Waals surface area contributed by atoms with Crippen molar-refractivity contribution in [2.45, 2.75) is 32.7 Å². The zero-order valence-corrected chi connectivity index (χ0v) is 9.28. The van der Waals surface area contributed by atoms with Gasteiger partial charge in [0.1, 0.15) is 0 Å². The second-order valence-electron chi connectivity index (χ2n) is 3.77. The normalized spacial score (nSPS) is 14.0. The highest BCUT2D eigenvalue weighted by Crippen LogP contribution is 2.23. The summed E-state index contributed by atoms with van der Waals surface area (Å²) in [6.45, 7) is 5.84. The maximum absolute atomic E-state index is 5.75. The summed E-state index contributed by atoms with van der Waals surface area (Å²) < 4.78 is 11.0. The van der Waals surface area contributed by atoms with E-state index in [1.54, 1.807) is 7.11 Å². The van der Waals surface area contributed by atoms with E-state index in [2.05, 4.69) is 12.1 Å². The lowest BCUT2D eigenvalue weighted by atomic mass is 10.1. The molecule has 14 heavy (non-hydrogen) atoms. The van der Waals surface area contributed by atoms with Gasteiger partial charge in [-0.05, 0) is 26.3 Å². The fourth-order valence-corrected chi connectivity index (χ4v) is 1.27. The van der Waals surface area contributed by atoms with Crippen LogP contribution in [0.2, 0.25) is 0 Å². The summed E-state index contributed by atoms with van der Waals surface area (Å²) in [5.74, 6) is -0.532. The van der Waals surface area contributed by atoms with Gasteiger partial charge in [0.2, 0.25) is 0 Å². The summed E-state index contributed by atoms with van der Waals surface area (Å²) in [4.78, 5) is 0. The lowest BCUT2D eigenvalue weighted by Gasteiger charge is -2.27. The van der Waals surface area contributed by atoms with Gasteiger partial charge >= 0.3 is 0 Å². The first kappa shape index (κ1) is 11.2. The molecule has 0 heterocycles. The quantitative estimate of drug-likeness (QED) is 0.685. The van der Waals surface area contributed by atoms with Crippen molar-refractivity contribution in [3.05, 3.63) is 35.9 Å². The Morgan fingerprint density at radius 3 is 2.21 bits per heavy atom. The van der Waals surface area contributed by atoms with Crippen LogP contribution in [-0.4, -0.2) is 12.9 Å². The third kappa shape index (κ3) is 3.13. The van der Waals surface area contributed by atoms with Gasteiger partial charge in [-0.2, -0.15) is 0 Å². The molecule has 1 aromatic carbocycles. The lowest BCUT2D eigenvalue weighted by molar-refractivity contribution is -0.221. The summed E-state index contributed by atoms with van der Waals surface area (Å²) in [7, 11) is 1.65. The molecule has 0 saturated carbocycles. The summed E-state index contributed by atoms with van der Waals surface area (Å²) in [6.07, 6.45) is 0.0474. The standard InChI is InChI=1S/C12H18O2/c1-10(14-12(2,3)13-4)11-8-6-5-7-9-11/h5-10H,1-4H3. The minimum atomic E-state index is -0.532. The van der Waals surface area contributed by atoms with Crippen LogP contribution in [0, 0.1) is 0 Å². The topological polar surface area (TPSA) is 18.5 Å². The first-order valence-corrected chi connectivity index (χ1v) is 4.83. The van der Waals surface area contributed by atoms with Gasteiger partial charge < -0.3 is 9.47 Å². The highest BCUT2D eigenvalue weighted by atomic mass is 16.7. The molecule has 0 fully saturated rings. The fraction of sp³-hybridized carbons (Fsp3) is 0.500. The molecule has 2 nitrogen and oxygen atoms in total. The van der Waals surface area contributed by atoms with E-state index in [0.717, 1.165) is 5.56 Å². The van der Waals surface area contributed by atoms with Crippen LogP contribution in [0.1, 0.15) is 32.4 Å². The van der Waals surface area contributed by atoms with Gasteiger partial charge in [0.25, 0.3) is 0 Å². The Morgan fingerprint density at radius 2 is 1.71 bits per heavy atom. The molecule has 0 aliphatic heterocycles. The average Bonchev–Trinajstić information content (AvgIpc) is 2.19. The van der Waals surface area contributed by atoms with E-state index in [4.69, 9.17) is 9.47 Å². The van der Waals surface area contributed by atoms with E-state index in [1.807, 2.05) is 39.0 Å². The molecule has 1 rings (SSSR count). The lowest BCUT2D eigenvalue weighted by Crippen LogP contribution is -2.27. The highest BCUT2D eigenvalue weighted by molar-refractivity contribution is 5.16. The number of rotatable bonds is 4. The number of ether oxygens (including phenoxy) is 2. The highest BCUT2D eigenvalue weighted by Gasteiger charge is 2.20. The van der Waals surface area contributed by atoms with E-state index in [-0.39, 0.29) is 6.10 Å². The predicted molar refractivity (Wildman–Crippen MR) is 57.0 cm³/mol. The third-order valence-corrected chi connectivity index (χ3v) is 2.22. The fourth-order valence-electron chi connectivity index (χ4n) is 1.27. The Balaban J connectivity index is 2.64. The minimum Gasteiger partial charge on any atom is -0.354 e. The SMILES string of the molecule is COC(C)(C)OC(C)c1ccccc1. The first-order chi connectivity index (χ1) is 6.55. The number of hydrogen-bond acceptors (Lipinski definition) is 2. The van der Waals surface area contributed by atoms with Crippen molar-refractivity contribution in [1.82, 2.24) is 0 Å². The molecular formula is C12H18O2. The summed E-state index contributed by atoms with van der Waals surface area (Å²) >= 11 is 0. The molecule has 0 saturated heterocycles. The van der Waals surface area contributed by atoms with Gasteiger partial charge in [0, 0.05) is 7.11 Å². The van der Waals surface area contributed by atoms with Crippen molar-refractivity contribution in [2.75, 3.05) is 7.11 Å². The molecule has 1 unspecified atom stereocenters. The first-order valence-electron chi connectivity index (χ1n) is 4.83. The Labute approximate surface area is 85.8 Å². The molecule has 1 atom stereocenters. The minimum absolute atomic E-state index is 0.0474. The molecule has 2 heteroatoms. The molecule has 0 N–H and O–H groups in total. The Bertz CT molecular complexity index is 267. The van der Waals surface area contributed by atoms with E-state index in [1.165, 1.54) is 0 Å². The van der Waals surface area contributed by atoms with Crippen LogP contribution in [0.5, 0.6) is 0 Å². The van der Waals surface area contributed by atoms with Crippen molar-refractivity contribution in [2.24, 2.45) is 0 Å².